The molecule has 6 heteroatoms. The molecule has 5 nitrogen and oxygen atoms in total. The maximum Gasteiger partial charge on any atom is 0.409 e. The molecule has 1 aliphatic heterocycles. The maximum absolute atomic E-state index is 12.8. The van der Waals surface area contributed by atoms with Crippen LogP contribution in [-0.2, 0) is 15.7 Å². The van der Waals surface area contributed by atoms with Crippen molar-refractivity contribution in [2.24, 2.45) is 17.3 Å². The molecule has 3 saturated carbocycles. The van der Waals surface area contributed by atoms with E-state index in [4.69, 9.17) is 4.74 Å². The van der Waals surface area contributed by atoms with Crippen molar-refractivity contribution in [1.29, 1.82) is 0 Å². The van der Waals surface area contributed by atoms with E-state index < -0.39 is 11.0 Å². The van der Waals surface area contributed by atoms with Crippen molar-refractivity contribution in [3.63, 3.8) is 0 Å². The summed E-state index contributed by atoms with van der Waals surface area (Å²) in [6.07, 6.45) is 9.82. The summed E-state index contributed by atoms with van der Waals surface area (Å²) in [7, 11) is 2.30. The van der Waals surface area contributed by atoms with Crippen LogP contribution in [0.15, 0.2) is 0 Å². The van der Waals surface area contributed by atoms with Gasteiger partial charge in [0.05, 0.1) is 23.3 Å². The third-order valence-electron chi connectivity index (χ3n) is 7.61. The van der Waals surface area contributed by atoms with E-state index in [2.05, 4.69) is 11.2 Å². The topological polar surface area (TPSA) is 49.9 Å². The van der Waals surface area contributed by atoms with E-state index in [9.17, 15) is 9.00 Å². The fourth-order valence-electron chi connectivity index (χ4n) is 5.81. The van der Waals surface area contributed by atoms with Crippen LogP contribution < -0.4 is 0 Å². The summed E-state index contributed by atoms with van der Waals surface area (Å²) < 4.78 is 19.8. The standard InChI is InChI=1S/C19H32N2O3S/c1-18(20(2)17(22)24-3)10-16(11-18)25(23)21-12-19(13-21)8-15(9-19)14-6-4-5-7-14/h14-16H,4-13H2,1-3H3. The summed E-state index contributed by atoms with van der Waals surface area (Å²) in [4.78, 5) is 13.4. The molecule has 1 saturated heterocycles. The van der Waals surface area contributed by atoms with Gasteiger partial charge in [-0.25, -0.2) is 13.3 Å². The Morgan fingerprint density at radius 2 is 1.72 bits per heavy atom. The Balaban J connectivity index is 1.22. The van der Waals surface area contributed by atoms with Gasteiger partial charge in [0.25, 0.3) is 0 Å². The highest BCUT2D eigenvalue weighted by molar-refractivity contribution is 7.83. The summed E-state index contributed by atoms with van der Waals surface area (Å²) in [6, 6.07) is 0. The van der Waals surface area contributed by atoms with Crippen molar-refractivity contribution in [2.75, 3.05) is 27.2 Å². The average Bonchev–Trinajstić information content (AvgIpc) is 3.01. The Labute approximate surface area is 154 Å². The minimum atomic E-state index is -0.887. The van der Waals surface area contributed by atoms with E-state index in [1.54, 1.807) is 11.9 Å². The summed E-state index contributed by atoms with van der Waals surface area (Å²) in [6.45, 7) is 4.12. The second kappa shape index (κ2) is 6.22. The molecule has 3 aliphatic carbocycles. The monoisotopic (exact) mass is 368 g/mol. The van der Waals surface area contributed by atoms with Gasteiger partial charge in [-0.05, 0) is 49.9 Å². The third-order valence-corrected chi connectivity index (χ3v) is 9.28. The first kappa shape index (κ1) is 17.8. The summed E-state index contributed by atoms with van der Waals surface area (Å²) in [5.41, 5.74) is 0.290. The van der Waals surface area contributed by atoms with Crippen LogP contribution in [0.2, 0.25) is 0 Å². The Hall–Kier alpha value is -0.620. The largest absolute Gasteiger partial charge is 0.453 e. The van der Waals surface area contributed by atoms with E-state index in [1.165, 1.54) is 45.6 Å². The van der Waals surface area contributed by atoms with Gasteiger partial charge in [0.15, 0.2) is 0 Å². The molecule has 142 valence electrons. The van der Waals surface area contributed by atoms with E-state index in [0.29, 0.717) is 5.41 Å². The van der Waals surface area contributed by atoms with Crippen LogP contribution in [0.1, 0.15) is 58.3 Å². The van der Waals surface area contributed by atoms with Crippen LogP contribution in [-0.4, -0.2) is 57.5 Å². The summed E-state index contributed by atoms with van der Waals surface area (Å²) in [5.74, 6) is 1.95. The van der Waals surface area contributed by atoms with Gasteiger partial charge in [-0.3, -0.25) is 0 Å². The lowest BCUT2D eigenvalue weighted by atomic mass is 9.55. The maximum atomic E-state index is 12.8. The molecule has 0 aromatic rings. The van der Waals surface area contributed by atoms with E-state index in [0.717, 1.165) is 37.8 Å². The first-order valence-corrected chi connectivity index (χ1v) is 11.0. The Morgan fingerprint density at radius 1 is 1.12 bits per heavy atom. The lowest BCUT2D eigenvalue weighted by Crippen LogP contribution is -2.66. The highest BCUT2D eigenvalue weighted by Gasteiger charge is 2.57. The number of hydrogen-bond acceptors (Lipinski definition) is 3. The second-order valence-corrected chi connectivity index (χ2v) is 11.1. The van der Waals surface area contributed by atoms with Gasteiger partial charge in [0.2, 0.25) is 0 Å². The molecule has 0 bridgehead atoms. The van der Waals surface area contributed by atoms with Gasteiger partial charge >= 0.3 is 6.09 Å². The number of nitrogens with zero attached hydrogens (tertiary/aromatic N) is 2. The molecular formula is C19H32N2O3S. The van der Waals surface area contributed by atoms with Gasteiger partial charge in [0, 0.05) is 25.7 Å². The van der Waals surface area contributed by atoms with Gasteiger partial charge in [-0.1, -0.05) is 25.7 Å². The summed E-state index contributed by atoms with van der Waals surface area (Å²) >= 11 is 0. The number of carbonyl (C=O) groups excluding carboxylic acids is 1. The lowest BCUT2D eigenvalue weighted by molar-refractivity contribution is -0.0712. The molecule has 4 rings (SSSR count). The smallest absolute Gasteiger partial charge is 0.409 e. The van der Waals surface area contributed by atoms with Crippen molar-refractivity contribution >= 4 is 17.1 Å². The van der Waals surface area contributed by atoms with Crippen molar-refractivity contribution in [1.82, 2.24) is 9.21 Å². The molecular weight excluding hydrogens is 336 g/mol. The average molecular weight is 369 g/mol. The zero-order valence-corrected chi connectivity index (χ0v) is 16.6. The number of amides is 1. The fourth-order valence-corrected chi connectivity index (χ4v) is 8.03. The van der Waals surface area contributed by atoms with Crippen LogP contribution in [0.25, 0.3) is 0 Å². The highest BCUT2D eigenvalue weighted by atomic mass is 32.2. The highest BCUT2D eigenvalue weighted by Crippen LogP contribution is 2.57. The molecule has 25 heavy (non-hydrogen) atoms. The zero-order valence-electron chi connectivity index (χ0n) is 15.8. The zero-order chi connectivity index (χ0) is 17.8. The first-order chi connectivity index (χ1) is 11.9. The number of hydrogen-bond donors (Lipinski definition) is 0. The van der Waals surface area contributed by atoms with E-state index in [1.807, 2.05) is 0 Å². The van der Waals surface area contributed by atoms with Gasteiger partial charge in [-0.15, -0.1) is 0 Å². The quantitative estimate of drug-likeness (QED) is 0.766. The van der Waals surface area contributed by atoms with Crippen LogP contribution >= 0.6 is 0 Å². The van der Waals surface area contributed by atoms with Crippen molar-refractivity contribution < 1.29 is 13.7 Å². The van der Waals surface area contributed by atoms with Crippen LogP contribution in [0, 0.1) is 17.3 Å². The first-order valence-electron chi connectivity index (χ1n) is 9.83. The normalized spacial score (nSPS) is 36.4. The van der Waals surface area contributed by atoms with E-state index >= 15 is 0 Å². The Morgan fingerprint density at radius 3 is 2.28 bits per heavy atom. The summed E-state index contributed by atoms with van der Waals surface area (Å²) in [5, 5.41) is 0.195. The minimum absolute atomic E-state index is 0.195. The van der Waals surface area contributed by atoms with Crippen molar-refractivity contribution in [3.05, 3.63) is 0 Å². The number of rotatable bonds is 4. The number of carbonyl (C=O) groups is 1. The molecule has 0 aromatic heterocycles. The molecule has 0 N–H and O–H groups in total. The molecule has 1 atom stereocenters. The molecule has 1 unspecified atom stereocenters. The predicted molar refractivity (Wildman–Crippen MR) is 98.4 cm³/mol. The fraction of sp³-hybridized carbons (Fsp3) is 0.947. The van der Waals surface area contributed by atoms with Gasteiger partial charge in [-0.2, -0.15) is 0 Å². The van der Waals surface area contributed by atoms with Gasteiger partial charge in [0.1, 0.15) is 0 Å². The van der Waals surface area contributed by atoms with Gasteiger partial charge < -0.3 is 9.64 Å². The van der Waals surface area contributed by atoms with Crippen LogP contribution in [0.4, 0.5) is 4.79 Å². The Kier molecular flexibility index (Phi) is 4.42. The molecule has 0 aromatic carbocycles. The van der Waals surface area contributed by atoms with E-state index in [-0.39, 0.29) is 16.9 Å². The molecule has 4 fully saturated rings. The molecule has 4 aliphatic rings. The molecule has 1 amide bonds. The number of ether oxygens (including phenoxy) is 1. The van der Waals surface area contributed by atoms with Crippen molar-refractivity contribution in [3.8, 4) is 0 Å². The minimum Gasteiger partial charge on any atom is -0.453 e. The second-order valence-electron chi connectivity index (χ2n) is 9.34. The Bertz CT molecular complexity index is 555. The SMILES string of the molecule is COC(=O)N(C)C1(C)CC(S(=O)N2CC3(CC(C4CCCC4)C3)C2)C1. The molecule has 1 spiro atoms. The molecule has 1 heterocycles. The lowest BCUT2D eigenvalue weighted by Gasteiger charge is -2.61. The van der Waals surface area contributed by atoms with Crippen LogP contribution in [0.3, 0.4) is 0 Å². The van der Waals surface area contributed by atoms with Crippen molar-refractivity contribution in [2.45, 2.75) is 69.1 Å². The van der Waals surface area contributed by atoms with Crippen LogP contribution in [0.5, 0.6) is 0 Å². The third kappa shape index (κ3) is 2.93. The number of methoxy groups -OCH3 is 1. The predicted octanol–water partition coefficient (Wildman–Crippen LogP) is 3.17. The molecule has 0 radical (unpaired) electrons.